The quantitative estimate of drug-likeness (QED) is 0.269. The average molecular weight is 483 g/mol. The average Bonchev–Trinajstić information content (AvgIpc) is 2.85. The smallest absolute Gasteiger partial charge is 0.270 e. The van der Waals surface area contributed by atoms with E-state index in [2.05, 4.69) is 87.6 Å². The Balaban J connectivity index is 2.05. The number of benzene rings is 2. The Kier molecular flexibility index (Phi) is 9.06. The number of amides is 1. The lowest BCUT2D eigenvalue weighted by Gasteiger charge is -2.38. The van der Waals surface area contributed by atoms with E-state index in [1.165, 1.54) is 0 Å². The third-order valence-corrected chi connectivity index (χ3v) is 13.4. The maximum Gasteiger partial charge on any atom is 0.270 e. The fourth-order valence-corrected chi connectivity index (χ4v) is 10.6. The molecule has 1 N–H and O–H groups in total. The highest BCUT2D eigenvalue weighted by atomic mass is 28.3. The highest BCUT2D eigenvalue weighted by Gasteiger charge is 2.41. The molecule has 0 fully saturated rings. The first kappa shape index (κ1) is 26.4. The molecule has 3 rings (SSSR count). The predicted molar refractivity (Wildman–Crippen MR) is 149 cm³/mol. The third-order valence-electron chi connectivity index (χ3n) is 7.10. The predicted octanol–water partition coefficient (Wildman–Crippen LogP) is 7.36. The molecule has 0 saturated carbocycles. The van der Waals surface area contributed by atoms with Crippen molar-refractivity contribution >= 4 is 14.0 Å². The summed E-state index contributed by atoms with van der Waals surface area (Å²) < 4.78 is 0. The van der Waals surface area contributed by atoms with Crippen molar-refractivity contribution in [3.63, 3.8) is 0 Å². The van der Waals surface area contributed by atoms with E-state index < -0.39 is 8.07 Å². The van der Waals surface area contributed by atoms with Crippen molar-refractivity contribution in [2.75, 3.05) is 0 Å². The molecule has 0 spiro atoms. The first-order chi connectivity index (χ1) is 16.8. The Labute approximate surface area is 212 Å². The summed E-state index contributed by atoms with van der Waals surface area (Å²) in [6.45, 7) is 14.0. The van der Waals surface area contributed by atoms with Gasteiger partial charge >= 0.3 is 0 Å². The zero-order valence-corrected chi connectivity index (χ0v) is 22.9. The van der Waals surface area contributed by atoms with E-state index in [0.29, 0.717) is 28.7 Å². The van der Waals surface area contributed by atoms with Gasteiger partial charge in [-0.2, -0.15) is 0 Å². The van der Waals surface area contributed by atoms with E-state index >= 15 is 0 Å². The molecule has 35 heavy (non-hydrogen) atoms. The van der Waals surface area contributed by atoms with Crippen molar-refractivity contribution in [1.29, 1.82) is 0 Å². The summed E-state index contributed by atoms with van der Waals surface area (Å²) in [5.74, 6) is 3.45. The van der Waals surface area contributed by atoms with Gasteiger partial charge in [-0.3, -0.25) is 9.78 Å². The minimum absolute atomic E-state index is 0.176. The molecule has 0 bridgehead atoms. The molecule has 0 aliphatic carbocycles. The van der Waals surface area contributed by atoms with Gasteiger partial charge in [-0.05, 0) is 52.4 Å². The highest BCUT2D eigenvalue weighted by molar-refractivity contribution is 6.90. The molecule has 0 radical (unpaired) electrons. The third kappa shape index (κ3) is 6.29. The van der Waals surface area contributed by atoms with E-state index in [4.69, 9.17) is 0 Å². The Bertz CT molecular complexity index is 1140. The number of carbonyl (C=O) groups is 1. The van der Waals surface area contributed by atoms with Gasteiger partial charge in [0, 0.05) is 11.8 Å². The molecular weight excluding hydrogens is 444 g/mol. The second kappa shape index (κ2) is 12.0. The first-order valence-corrected chi connectivity index (χ1v) is 14.9. The van der Waals surface area contributed by atoms with Gasteiger partial charge in [0.15, 0.2) is 0 Å². The van der Waals surface area contributed by atoms with Gasteiger partial charge in [0.2, 0.25) is 0 Å². The van der Waals surface area contributed by atoms with E-state index in [1.807, 2.05) is 42.5 Å². The van der Waals surface area contributed by atoms with Crippen molar-refractivity contribution in [2.45, 2.75) is 70.6 Å². The SMILES string of the molecule is CC(C)[Si](C#Cc1ccccc1C(Cc1ccccc1)NC(=O)c1ccccn1)(C(C)C)C(C)C. The molecule has 0 saturated heterocycles. The Morgan fingerprint density at radius 3 is 2.03 bits per heavy atom. The van der Waals surface area contributed by atoms with E-state index in [1.54, 1.807) is 12.3 Å². The van der Waals surface area contributed by atoms with Crippen molar-refractivity contribution in [3.8, 4) is 11.5 Å². The second-order valence-electron chi connectivity index (χ2n) is 10.2. The Morgan fingerprint density at radius 2 is 1.43 bits per heavy atom. The summed E-state index contributed by atoms with van der Waals surface area (Å²) in [6, 6.07) is 23.7. The van der Waals surface area contributed by atoms with Crippen LogP contribution in [0.3, 0.4) is 0 Å². The molecular formula is C31H38N2OSi. The van der Waals surface area contributed by atoms with Gasteiger partial charge in [-0.15, -0.1) is 5.54 Å². The van der Waals surface area contributed by atoms with Gasteiger partial charge < -0.3 is 5.32 Å². The van der Waals surface area contributed by atoms with E-state index in [-0.39, 0.29) is 11.9 Å². The molecule has 3 nitrogen and oxygen atoms in total. The number of nitrogens with one attached hydrogen (secondary N) is 1. The summed E-state index contributed by atoms with van der Waals surface area (Å²) in [5.41, 5.74) is 9.16. The van der Waals surface area contributed by atoms with Gasteiger partial charge in [0.05, 0.1) is 6.04 Å². The molecule has 1 heterocycles. The van der Waals surface area contributed by atoms with Gasteiger partial charge in [-0.1, -0.05) is 102 Å². The molecule has 1 amide bonds. The minimum atomic E-state index is -1.89. The van der Waals surface area contributed by atoms with Gasteiger partial charge in [0.25, 0.3) is 5.91 Å². The van der Waals surface area contributed by atoms with Crippen LogP contribution in [0.2, 0.25) is 16.6 Å². The second-order valence-corrected chi connectivity index (χ2v) is 15.7. The number of rotatable bonds is 8. The molecule has 1 aromatic heterocycles. The minimum Gasteiger partial charge on any atom is -0.344 e. The molecule has 1 atom stereocenters. The van der Waals surface area contributed by atoms with Crippen molar-refractivity contribution in [2.24, 2.45) is 0 Å². The molecule has 4 heteroatoms. The monoisotopic (exact) mass is 482 g/mol. The molecule has 1 unspecified atom stereocenters. The zero-order valence-electron chi connectivity index (χ0n) is 21.9. The lowest BCUT2D eigenvalue weighted by Crippen LogP contribution is -2.43. The number of pyridine rings is 1. The fraction of sp³-hybridized carbons (Fsp3) is 0.355. The van der Waals surface area contributed by atoms with Crippen LogP contribution in [0.15, 0.2) is 79.0 Å². The number of carbonyl (C=O) groups excluding carboxylic acids is 1. The summed E-state index contributed by atoms with van der Waals surface area (Å²) in [5, 5.41) is 3.25. The normalized spacial score (nSPS) is 12.4. The lowest BCUT2D eigenvalue weighted by atomic mass is 9.94. The highest BCUT2D eigenvalue weighted by Crippen LogP contribution is 2.41. The van der Waals surface area contributed by atoms with E-state index in [0.717, 1.165) is 16.7 Å². The molecule has 3 aromatic rings. The van der Waals surface area contributed by atoms with Crippen LogP contribution in [0.1, 0.15) is 74.8 Å². The van der Waals surface area contributed by atoms with Crippen LogP contribution in [0.4, 0.5) is 0 Å². The van der Waals surface area contributed by atoms with E-state index in [9.17, 15) is 4.79 Å². The van der Waals surface area contributed by atoms with Crippen molar-refractivity contribution < 1.29 is 4.79 Å². The van der Waals surface area contributed by atoms with Crippen LogP contribution >= 0.6 is 0 Å². The van der Waals surface area contributed by atoms with Crippen LogP contribution in [-0.2, 0) is 6.42 Å². The zero-order chi connectivity index (χ0) is 25.4. The summed E-state index contributed by atoms with van der Waals surface area (Å²) in [4.78, 5) is 17.4. The van der Waals surface area contributed by atoms with Crippen molar-refractivity contribution in [3.05, 3.63) is 101 Å². The Hall–Kier alpha value is -3.16. The number of aromatic nitrogens is 1. The topological polar surface area (TPSA) is 42.0 Å². The van der Waals surface area contributed by atoms with Gasteiger partial charge in [-0.25, -0.2) is 0 Å². The summed E-state index contributed by atoms with van der Waals surface area (Å²) >= 11 is 0. The summed E-state index contributed by atoms with van der Waals surface area (Å²) in [7, 11) is -1.89. The summed E-state index contributed by atoms with van der Waals surface area (Å²) in [6.07, 6.45) is 2.33. The van der Waals surface area contributed by atoms with Gasteiger partial charge in [0.1, 0.15) is 13.8 Å². The van der Waals surface area contributed by atoms with Crippen LogP contribution in [0.5, 0.6) is 0 Å². The first-order valence-electron chi connectivity index (χ1n) is 12.6. The van der Waals surface area contributed by atoms with Crippen LogP contribution in [-0.4, -0.2) is 19.0 Å². The van der Waals surface area contributed by atoms with Crippen molar-refractivity contribution in [1.82, 2.24) is 10.3 Å². The number of hydrogen-bond acceptors (Lipinski definition) is 2. The lowest BCUT2D eigenvalue weighted by molar-refractivity contribution is 0.0931. The Morgan fingerprint density at radius 1 is 0.829 bits per heavy atom. The molecule has 0 aliphatic rings. The maximum absolute atomic E-state index is 13.1. The molecule has 2 aromatic carbocycles. The van der Waals surface area contributed by atoms with Crippen LogP contribution < -0.4 is 5.32 Å². The van der Waals surface area contributed by atoms with Crippen LogP contribution in [0.25, 0.3) is 0 Å². The van der Waals surface area contributed by atoms with Crippen LogP contribution in [0, 0.1) is 11.5 Å². The molecule has 182 valence electrons. The standard InChI is InChI=1S/C31H38N2OSi/c1-23(2)35(24(3)4,25(5)6)21-19-27-16-10-11-17-28(27)30(22-26-14-8-7-9-15-26)33-31(34)29-18-12-13-20-32-29/h7-18,20,23-25,30H,22H2,1-6H3,(H,33,34). The fourth-order valence-electron chi connectivity index (χ4n) is 5.34. The number of hydrogen-bond donors (Lipinski definition) is 1. The number of nitrogens with zero attached hydrogens (tertiary/aromatic N) is 1. The largest absolute Gasteiger partial charge is 0.344 e. The molecule has 0 aliphatic heterocycles. The maximum atomic E-state index is 13.1.